The standard InChI is InChI=1S/C21H16ClF3N8O/c1-13-17(19(22)33(29-13)16-9-5-8-15(10-16)21(23,24)25)11-26-27-18(34)12-32-30-20(28-31-32)14-6-3-2-4-7-14/h2-11H,12H2,1H3,(H,27,34)/b26-11-. The van der Waals surface area contributed by atoms with Gasteiger partial charge in [-0.2, -0.15) is 28.2 Å². The van der Waals surface area contributed by atoms with Gasteiger partial charge in [0.2, 0.25) is 5.82 Å². The third-order valence-electron chi connectivity index (χ3n) is 4.62. The van der Waals surface area contributed by atoms with Crippen molar-refractivity contribution in [2.24, 2.45) is 5.10 Å². The number of carbonyl (C=O) groups is 1. The molecule has 1 N–H and O–H groups in total. The van der Waals surface area contributed by atoms with Crippen LogP contribution in [0.25, 0.3) is 17.1 Å². The second-order valence-electron chi connectivity index (χ2n) is 7.05. The third kappa shape index (κ3) is 5.12. The number of benzene rings is 2. The highest BCUT2D eigenvalue weighted by atomic mass is 35.5. The largest absolute Gasteiger partial charge is 0.416 e. The van der Waals surface area contributed by atoms with Crippen LogP contribution in [-0.4, -0.2) is 42.1 Å². The molecule has 2 aromatic carbocycles. The number of hydrogen-bond acceptors (Lipinski definition) is 6. The number of tetrazole rings is 1. The van der Waals surface area contributed by atoms with Gasteiger partial charge in [-0.1, -0.05) is 48.0 Å². The monoisotopic (exact) mass is 488 g/mol. The Bertz CT molecular complexity index is 1350. The Kier molecular flexibility index (Phi) is 6.41. The molecule has 0 bridgehead atoms. The fraction of sp³-hybridized carbons (Fsp3) is 0.143. The lowest BCUT2D eigenvalue weighted by atomic mass is 10.2. The van der Waals surface area contributed by atoms with Crippen LogP contribution in [0, 0.1) is 6.92 Å². The van der Waals surface area contributed by atoms with Crippen LogP contribution in [0.5, 0.6) is 0 Å². The molecular weight excluding hydrogens is 473 g/mol. The first-order chi connectivity index (χ1) is 16.2. The number of nitrogens with one attached hydrogen (secondary N) is 1. The van der Waals surface area contributed by atoms with Gasteiger partial charge in [-0.05, 0) is 30.3 Å². The van der Waals surface area contributed by atoms with E-state index in [1.165, 1.54) is 23.0 Å². The van der Waals surface area contributed by atoms with Crippen LogP contribution in [0.3, 0.4) is 0 Å². The smallest absolute Gasteiger partial charge is 0.271 e. The molecule has 1 amide bonds. The lowest BCUT2D eigenvalue weighted by Crippen LogP contribution is -2.24. The number of alkyl halides is 3. The first-order valence-electron chi connectivity index (χ1n) is 9.80. The Morgan fingerprint density at radius 3 is 2.65 bits per heavy atom. The summed E-state index contributed by atoms with van der Waals surface area (Å²) in [6.07, 6.45) is -3.24. The van der Waals surface area contributed by atoms with Gasteiger partial charge < -0.3 is 0 Å². The maximum absolute atomic E-state index is 13.0. The molecule has 0 aliphatic heterocycles. The summed E-state index contributed by atoms with van der Waals surface area (Å²) >= 11 is 6.32. The van der Waals surface area contributed by atoms with Crippen molar-refractivity contribution in [2.45, 2.75) is 19.6 Å². The molecule has 4 aromatic rings. The quantitative estimate of drug-likeness (QED) is 0.329. The van der Waals surface area contributed by atoms with Crippen molar-refractivity contribution in [3.8, 4) is 17.1 Å². The van der Waals surface area contributed by atoms with E-state index >= 15 is 0 Å². The molecule has 0 radical (unpaired) electrons. The number of hydrogen-bond donors (Lipinski definition) is 1. The van der Waals surface area contributed by atoms with Gasteiger partial charge >= 0.3 is 6.18 Å². The molecular formula is C21H16ClF3N8O. The van der Waals surface area contributed by atoms with Crippen LogP contribution in [-0.2, 0) is 17.5 Å². The summed E-state index contributed by atoms with van der Waals surface area (Å²) in [5, 5.41) is 20.0. The predicted octanol–water partition coefficient (Wildman–Crippen LogP) is 3.66. The summed E-state index contributed by atoms with van der Waals surface area (Å²) in [7, 11) is 0. The first-order valence-corrected chi connectivity index (χ1v) is 10.2. The summed E-state index contributed by atoms with van der Waals surface area (Å²) in [6.45, 7) is 1.39. The van der Waals surface area contributed by atoms with Crippen molar-refractivity contribution in [2.75, 3.05) is 0 Å². The maximum atomic E-state index is 13.0. The molecule has 174 valence electrons. The average molecular weight is 489 g/mol. The van der Waals surface area contributed by atoms with Crippen molar-refractivity contribution in [1.29, 1.82) is 0 Å². The van der Waals surface area contributed by atoms with Crippen LogP contribution in [0.4, 0.5) is 13.2 Å². The average Bonchev–Trinajstić information content (AvgIpc) is 3.39. The highest BCUT2D eigenvalue weighted by Gasteiger charge is 2.30. The lowest BCUT2D eigenvalue weighted by Gasteiger charge is -2.09. The molecule has 0 saturated carbocycles. The molecule has 0 aliphatic carbocycles. The number of aromatic nitrogens is 6. The van der Waals surface area contributed by atoms with E-state index in [2.05, 4.69) is 31.0 Å². The minimum absolute atomic E-state index is 0.0419. The highest BCUT2D eigenvalue weighted by Crippen LogP contribution is 2.31. The van der Waals surface area contributed by atoms with Crippen LogP contribution >= 0.6 is 11.6 Å². The van der Waals surface area contributed by atoms with Crippen molar-refractivity contribution < 1.29 is 18.0 Å². The minimum atomic E-state index is -4.50. The molecule has 13 heteroatoms. The zero-order valence-electron chi connectivity index (χ0n) is 17.5. The molecule has 0 saturated heterocycles. The first kappa shape index (κ1) is 23.1. The van der Waals surface area contributed by atoms with Crippen LogP contribution in [0.1, 0.15) is 16.8 Å². The van der Waals surface area contributed by atoms with Gasteiger partial charge in [0.1, 0.15) is 11.7 Å². The highest BCUT2D eigenvalue weighted by molar-refractivity contribution is 6.32. The van der Waals surface area contributed by atoms with E-state index in [9.17, 15) is 18.0 Å². The maximum Gasteiger partial charge on any atom is 0.416 e. The van der Waals surface area contributed by atoms with Gasteiger partial charge in [0, 0.05) is 5.56 Å². The molecule has 0 aliphatic rings. The van der Waals surface area contributed by atoms with E-state index < -0.39 is 17.6 Å². The van der Waals surface area contributed by atoms with Gasteiger partial charge in [0.05, 0.1) is 28.7 Å². The van der Waals surface area contributed by atoms with Crippen LogP contribution < -0.4 is 5.43 Å². The number of hydrazone groups is 1. The molecule has 34 heavy (non-hydrogen) atoms. The summed E-state index contributed by atoms with van der Waals surface area (Å²) in [6, 6.07) is 13.8. The van der Waals surface area contributed by atoms with Gasteiger partial charge in [0.25, 0.3) is 5.91 Å². The molecule has 0 spiro atoms. The zero-order valence-corrected chi connectivity index (χ0v) is 18.3. The van der Waals surface area contributed by atoms with Gasteiger partial charge in [0.15, 0.2) is 0 Å². The van der Waals surface area contributed by atoms with Crippen molar-refractivity contribution in [3.05, 3.63) is 76.6 Å². The zero-order chi connectivity index (χ0) is 24.3. The van der Waals surface area contributed by atoms with Crippen LogP contribution in [0.2, 0.25) is 5.15 Å². The molecule has 0 fully saturated rings. The third-order valence-corrected chi connectivity index (χ3v) is 4.98. The Morgan fingerprint density at radius 2 is 1.91 bits per heavy atom. The second kappa shape index (κ2) is 9.43. The predicted molar refractivity (Wildman–Crippen MR) is 117 cm³/mol. The van der Waals surface area contributed by atoms with Gasteiger partial charge in [-0.15, -0.1) is 10.2 Å². The topological polar surface area (TPSA) is 103 Å². The Hall–Kier alpha value is -4.06. The van der Waals surface area contributed by atoms with Crippen molar-refractivity contribution in [3.63, 3.8) is 0 Å². The SMILES string of the molecule is Cc1nn(-c2cccc(C(F)(F)F)c2)c(Cl)c1/C=N\NC(=O)Cn1nnc(-c2ccccc2)n1. The van der Waals surface area contributed by atoms with Crippen molar-refractivity contribution >= 4 is 23.7 Å². The summed E-state index contributed by atoms with van der Waals surface area (Å²) in [5.41, 5.74) is 3.14. The number of aryl methyl sites for hydroxylation is 1. The Labute approximate surface area is 195 Å². The summed E-state index contributed by atoms with van der Waals surface area (Å²) in [5.74, 6) is -0.145. The Balaban J connectivity index is 1.43. The molecule has 0 unspecified atom stereocenters. The molecule has 9 nitrogen and oxygen atoms in total. The lowest BCUT2D eigenvalue weighted by molar-refractivity contribution is -0.137. The number of amides is 1. The number of nitrogens with zero attached hydrogens (tertiary/aromatic N) is 7. The van der Waals surface area contributed by atoms with E-state index in [4.69, 9.17) is 11.6 Å². The van der Waals surface area contributed by atoms with Crippen LogP contribution in [0.15, 0.2) is 59.7 Å². The van der Waals surface area contributed by atoms with E-state index in [1.807, 2.05) is 30.3 Å². The summed E-state index contributed by atoms with van der Waals surface area (Å²) < 4.78 is 40.2. The van der Waals surface area contributed by atoms with Gasteiger partial charge in [-0.3, -0.25) is 4.79 Å². The van der Waals surface area contributed by atoms with E-state index in [-0.39, 0.29) is 17.4 Å². The molecule has 4 rings (SSSR count). The van der Waals surface area contributed by atoms with Crippen molar-refractivity contribution in [1.82, 2.24) is 35.4 Å². The van der Waals surface area contributed by atoms with E-state index in [1.54, 1.807) is 6.92 Å². The molecule has 0 atom stereocenters. The summed E-state index contributed by atoms with van der Waals surface area (Å²) in [4.78, 5) is 13.3. The number of halogens is 4. The van der Waals surface area contributed by atoms with Gasteiger partial charge in [-0.25, -0.2) is 10.1 Å². The number of carbonyl (C=O) groups excluding carboxylic acids is 1. The fourth-order valence-electron chi connectivity index (χ4n) is 2.99. The minimum Gasteiger partial charge on any atom is -0.271 e. The molecule has 2 aromatic heterocycles. The Morgan fingerprint density at radius 1 is 1.15 bits per heavy atom. The fourth-order valence-corrected chi connectivity index (χ4v) is 3.31. The van der Waals surface area contributed by atoms with E-state index in [0.29, 0.717) is 17.1 Å². The second-order valence-corrected chi connectivity index (χ2v) is 7.41. The number of rotatable bonds is 6. The van der Waals surface area contributed by atoms with E-state index in [0.717, 1.165) is 22.5 Å². The normalized spacial score (nSPS) is 11.8. The molecule has 2 heterocycles.